The minimum atomic E-state index is -0.596. The molecule has 9 nitrogen and oxygen atoms in total. The van der Waals surface area contributed by atoms with Gasteiger partial charge in [0.2, 0.25) is 0 Å². The van der Waals surface area contributed by atoms with Crippen LogP contribution >= 0.6 is 11.3 Å². The molecule has 192 valence electrons. The van der Waals surface area contributed by atoms with E-state index < -0.39 is 11.6 Å². The third-order valence-electron chi connectivity index (χ3n) is 5.78. The molecular weight excluding hydrogens is 486 g/mol. The van der Waals surface area contributed by atoms with Crippen molar-refractivity contribution in [2.45, 2.75) is 59.6 Å². The number of aliphatic imine (C=N–C) groups is 1. The van der Waals surface area contributed by atoms with Gasteiger partial charge in [0.25, 0.3) is 0 Å². The molecule has 1 aliphatic rings. The molecule has 1 aliphatic heterocycles. The van der Waals surface area contributed by atoms with Gasteiger partial charge in [0.15, 0.2) is 11.8 Å². The Morgan fingerprint density at radius 1 is 1.22 bits per heavy atom. The van der Waals surface area contributed by atoms with Crippen LogP contribution < -0.4 is 11.1 Å². The Balaban J connectivity index is 1.79. The fraction of sp³-hybridized carbons (Fsp3) is 0.370. The van der Waals surface area contributed by atoms with Crippen LogP contribution in [0, 0.1) is 38.0 Å². The lowest BCUT2D eigenvalue weighted by molar-refractivity contribution is -0.155. The lowest BCUT2D eigenvalue weighted by Crippen LogP contribution is -2.30. The van der Waals surface area contributed by atoms with Gasteiger partial charge < -0.3 is 15.8 Å². The van der Waals surface area contributed by atoms with Crippen LogP contribution in [0.2, 0.25) is 0 Å². The number of fused-ring (bicyclic) bond motifs is 3. The number of carbonyl (C=O) groups excluding carboxylic acids is 1. The summed E-state index contributed by atoms with van der Waals surface area (Å²) < 4.78 is 7.64. The van der Waals surface area contributed by atoms with Crippen molar-refractivity contribution in [2.24, 2.45) is 10.7 Å². The molecule has 1 aromatic carbocycles. The van der Waals surface area contributed by atoms with Crippen molar-refractivity contribution in [1.29, 1.82) is 5.41 Å². The summed E-state index contributed by atoms with van der Waals surface area (Å²) in [5.74, 6) is 6.94. The molecule has 2 aromatic heterocycles. The van der Waals surface area contributed by atoms with Crippen LogP contribution in [0.15, 0.2) is 29.3 Å². The predicted molar refractivity (Wildman–Crippen MR) is 146 cm³/mol. The number of nitrogens with one attached hydrogen (secondary N) is 2. The molecule has 3 aromatic rings. The number of carbonyl (C=O) groups is 1. The van der Waals surface area contributed by atoms with Crippen molar-refractivity contribution in [3.8, 4) is 16.8 Å². The smallest absolute Gasteiger partial charge is 0.308 e. The molecule has 1 atom stereocenters. The molecule has 4 N–H and O–H groups in total. The van der Waals surface area contributed by atoms with Crippen molar-refractivity contribution in [1.82, 2.24) is 20.1 Å². The third-order valence-corrected chi connectivity index (χ3v) is 6.97. The average Bonchev–Trinajstić information content (AvgIpc) is 3.28. The van der Waals surface area contributed by atoms with Gasteiger partial charge in [-0.05, 0) is 59.2 Å². The summed E-state index contributed by atoms with van der Waals surface area (Å²) in [4.78, 5) is 19.2. The number of aryl methyl sites for hydroxylation is 2. The van der Waals surface area contributed by atoms with Gasteiger partial charge >= 0.3 is 5.97 Å². The number of guanidine groups is 1. The summed E-state index contributed by atoms with van der Waals surface area (Å²) in [6.45, 7) is 11.9. The minimum absolute atomic E-state index is 0.0541. The number of benzene rings is 1. The van der Waals surface area contributed by atoms with E-state index in [1.165, 1.54) is 4.88 Å². The molecule has 0 saturated heterocycles. The van der Waals surface area contributed by atoms with Crippen LogP contribution in [0.3, 0.4) is 0 Å². The summed E-state index contributed by atoms with van der Waals surface area (Å²) in [6, 6.07) is 7.29. The second-order valence-electron chi connectivity index (χ2n) is 9.83. The van der Waals surface area contributed by atoms with E-state index in [1.54, 1.807) is 11.3 Å². The predicted octanol–water partition coefficient (Wildman–Crippen LogP) is 3.71. The summed E-state index contributed by atoms with van der Waals surface area (Å²) in [6.07, 6.45) is 0.0541. The first-order chi connectivity index (χ1) is 17.4. The zero-order valence-corrected chi connectivity index (χ0v) is 22.7. The minimum Gasteiger partial charge on any atom is -0.460 e. The maximum absolute atomic E-state index is 12.9. The van der Waals surface area contributed by atoms with Gasteiger partial charge in [-0.1, -0.05) is 24.0 Å². The first kappa shape index (κ1) is 26.1. The Morgan fingerprint density at radius 3 is 2.57 bits per heavy atom. The van der Waals surface area contributed by atoms with E-state index >= 15 is 0 Å². The Labute approximate surface area is 220 Å². The fourth-order valence-electron chi connectivity index (χ4n) is 4.06. The first-order valence-electron chi connectivity index (χ1n) is 11.9. The molecule has 0 radical (unpaired) electrons. The maximum Gasteiger partial charge on any atom is 0.308 e. The molecule has 0 fully saturated rings. The highest BCUT2D eigenvalue weighted by Gasteiger charge is 2.33. The largest absolute Gasteiger partial charge is 0.460 e. The van der Waals surface area contributed by atoms with Crippen molar-refractivity contribution < 1.29 is 9.53 Å². The quantitative estimate of drug-likeness (QED) is 0.209. The lowest BCUT2D eigenvalue weighted by atomic mass is 9.98. The van der Waals surface area contributed by atoms with Gasteiger partial charge in [-0.3, -0.25) is 19.8 Å². The molecule has 0 spiro atoms. The molecule has 0 amide bonds. The number of nitrogens with zero attached hydrogens (tertiary/aromatic N) is 4. The fourth-order valence-corrected chi connectivity index (χ4v) is 5.28. The summed E-state index contributed by atoms with van der Waals surface area (Å²) in [7, 11) is 0. The first-order valence-corrected chi connectivity index (χ1v) is 12.8. The van der Waals surface area contributed by atoms with Crippen molar-refractivity contribution in [3.63, 3.8) is 0 Å². The van der Waals surface area contributed by atoms with Gasteiger partial charge in [-0.15, -0.1) is 21.5 Å². The Kier molecular flexibility index (Phi) is 7.18. The third kappa shape index (κ3) is 5.73. The van der Waals surface area contributed by atoms with Crippen LogP contribution in [0.5, 0.6) is 0 Å². The molecular formula is C27H31N7O2S. The monoisotopic (exact) mass is 517 g/mol. The summed E-state index contributed by atoms with van der Waals surface area (Å²) >= 11 is 1.67. The zero-order chi connectivity index (χ0) is 26.9. The zero-order valence-electron chi connectivity index (χ0n) is 21.9. The van der Waals surface area contributed by atoms with Crippen LogP contribution in [0.4, 0.5) is 0 Å². The molecule has 3 heterocycles. The SMILES string of the molecule is Cc1sc2c(c1C)C(c1ccc(C#CCNC(=N)N)cc1)=NC(CC(=O)OC(C)(C)C)c1nnc(C)n1-2. The Hall–Kier alpha value is -3.97. The van der Waals surface area contributed by atoms with Crippen LogP contribution in [-0.2, 0) is 9.53 Å². The van der Waals surface area contributed by atoms with Gasteiger partial charge in [0.1, 0.15) is 22.5 Å². The highest BCUT2D eigenvalue weighted by Crippen LogP contribution is 2.39. The van der Waals surface area contributed by atoms with E-state index in [1.807, 2.05) is 56.5 Å². The van der Waals surface area contributed by atoms with Crippen LogP contribution in [0.1, 0.15) is 72.0 Å². The Bertz CT molecular complexity index is 1450. The Morgan fingerprint density at radius 2 is 1.92 bits per heavy atom. The number of rotatable bonds is 4. The van der Waals surface area contributed by atoms with Crippen molar-refractivity contribution in [2.75, 3.05) is 6.54 Å². The number of nitrogens with two attached hydrogens (primary N) is 1. The maximum atomic E-state index is 12.9. The van der Waals surface area contributed by atoms with E-state index in [9.17, 15) is 4.79 Å². The molecule has 4 rings (SSSR count). The topological polar surface area (TPSA) is 131 Å². The number of aromatic nitrogens is 3. The summed E-state index contributed by atoms with van der Waals surface area (Å²) in [5.41, 5.74) is 9.40. The second kappa shape index (κ2) is 10.2. The van der Waals surface area contributed by atoms with Crippen molar-refractivity contribution in [3.05, 3.63) is 63.0 Å². The average molecular weight is 518 g/mol. The van der Waals surface area contributed by atoms with E-state index in [0.29, 0.717) is 12.4 Å². The number of esters is 1. The van der Waals surface area contributed by atoms with Gasteiger partial charge in [0, 0.05) is 21.6 Å². The standard InChI is InChI=1S/C27H31N7O2S/c1-15-16(2)37-25-22(15)23(19-11-9-18(10-12-19)8-7-13-30-26(28)29)31-20(14-21(35)36-27(4,5)6)24-33-32-17(3)34(24)25/h9-12,20H,13-14H2,1-6H3,(H4,28,29,30). The van der Waals surface area contributed by atoms with E-state index in [4.69, 9.17) is 20.9 Å². The summed E-state index contributed by atoms with van der Waals surface area (Å²) in [5, 5.41) is 19.6. The van der Waals surface area contributed by atoms with Crippen molar-refractivity contribution >= 4 is 29.0 Å². The van der Waals surface area contributed by atoms with Gasteiger partial charge in [-0.25, -0.2) is 0 Å². The molecule has 1 unspecified atom stereocenters. The molecule has 37 heavy (non-hydrogen) atoms. The molecule has 0 bridgehead atoms. The lowest BCUT2D eigenvalue weighted by Gasteiger charge is -2.21. The van der Waals surface area contributed by atoms with E-state index in [0.717, 1.165) is 38.8 Å². The van der Waals surface area contributed by atoms with Gasteiger partial charge in [0.05, 0.1) is 18.7 Å². The van der Waals surface area contributed by atoms with Crippen LogP contribution in [0.25, 0.3) is 5.00 Å². The molecule has 10 heteroatoms. The van der Waals surface area contributed by atoms with Crippen LogP contribution in [-0.4, -0.2) is 44.6 Å². The van der Waals surface area contributed by atoms with Gasteiger partial charge in [-0.2, -0.15) is 0 Å². The second-order valence-corrected chi connectivity index (χ2v) is 11.0. The van der Waals surface area contributed by atoms with E-state index in [2.05, 4.69) is 41.2 Å². The molecule has 0 saturated carbocycles. The molecule has 0 aliphatic carbocycles. The number of hydrogen-bond acceptors (Lipinski definition) is 7. The number of hydrogen-bond donors (Lipinski definition) is 3. The highest BCUT2D eigenvalue weighted by molar-refractivity contribution is 7.15. The number of ether oxygens (including phenoxy) is 1. The number of thiophene rings is 1. The van der Waals surface area contributed by atoms with E-state index in [-0.39, 0.29) is 18.3 Å². The normalized spacial score (nSPS) is 14.4. The highest BCUT2D eigenvalue weighted by atomic mass is 32.1.